The lowest BCUT2D eigenvalue weighted by atomic mass is 10.2. The molecule has 3 rings (SSSR count). The third-order valence-electron chi connectivity index (χ3n) is 4.55. The molecule has 27 heavy (non-hydrogen) atoms. The summed E-state index contributed by atoms with van der Waals surface area (Å²) in [6, 6.07) is 9.45. The number of nitrogens with one attached hydrogen (secondary N) is 1. The lowest BCUT2D eigenvalue weighted by Gasteiger charge is -2.26. The van der Waals surface area contributed by atoms with Crippen molar-refractivity contribution in [1.82, 2.24) is 4.31 Å². The molecule has 1 aliphatic rings. The van der Waals surface area contributed by atoms with Crippen molar-refractivity contribution in [2.75, 3.05) is 18.4 Å². The summed E-state index contributed by atoms with van der Waals surface area (Å²) in [7, 11) is -3.59. The standard InChI is InChI=1S/C19H20Cl2N2O3S/c1-13-5-7-15(22-19(24)16-8-6-14(20)11-17(16)21)12-18(13)27(25,26)23-9-3-2-4-10-23/h5-8,11-12H,2-4,9-10H2,1H3,(H,22,24). The van der Waals surface area contributed by atoms with Crippen LogP contribution in [0.3, 0.4) is 0 Å². The highest BCUT2D eigenvalue weighted by Crippen LogP contribution is 2.27. The Labute approximate surface area is 169 Å². The van der Waals surface area contributed by atoms with E-state index in [1.165, 1.54) is 22.5 Å². The molecule has 0 unspecified atom stereocenters. The first-order valence-electron chi connectivity index (χ1n) is 8.66. The van der Waals surface area contributed by atoms with Crippen molar-refractivity contribution in [3.8, 4) is 0 Å². The molecule has 0 saturated carbocycles. The quantitative estimate of drug-likeness (QED) is 0.767. The Hall–Kier alpha value is -1.60. The van der Waals surface area contributed by atoms with Gasteiger partial charge in [-0.25, -0.2) is 8.42 Å². The third-order valence-corrected chi connectivity index (χ3v) is 7.14. The number of nitrogens with zero attached hydrogens (tertiary/aromatic N) is 1. The van der Waals surface area contributed by atoms with Crippen molar-refractivity contribution < 1.29 is 13.2 Å². The molecule has 1 fully saturated rings. The molecule has 8 heteroatoms. The summed E-state index contributed by atoms with van der Waals surface area (Å²) in [6.07, 6.45) is 2.77. The lowest BCUT2D eigenvalue weighted by Crippen LogP contribution is -2.36. The molecule has 1 saturated heterocycles. The highest BCUT2D eigenvalue weighted by atomic mass is 35.5. The molecule has 144 valence electrons. The number of halogens is 2. The summed E-state index contributed by atoms with van der Waals surface area (Å²) in [4.78, 5) is 12.7. The van der Waals surface area contributed by atoms with E-state index in [0.717, 1.165) is 19.3 Å². The Morgan fingerprint density at radius 2 is 1.74 bits per heavy atom. The predicted molar refractivity (Wildman–Crippen MR) is 108 cm³/mol. The zero-order valence-electron chi connectivity index (χ0n) is 14.8. The molecule has 0 aliphatic carbocycles. The highest BCUT2D eigenvalue weighted by molar-refractivity contribution is 7.89. The van der Waals surface area contributed by atoms with Gasteiger partial charge < -0.3 is 5.32 Å². The zero-order chi connectivity index (χ0) is 19.6. The molecule has 0 bridgehead atoms. The van der Waals surface area contributed by atoms with Crippen LogP contribution < -0.4 is 5.32 Å². The number of carbonyl (C=O) groups is 1. The zero-order valence-corrected chi connectivity index (χ0v) is 17.2. The van der Waals surface area contributed by atoms with Crippen molar-refractivity contribution in [3.63, 3.8) is 0 Å². The van der Waals surface area contributed by atoms with Crippen LogP contribution in [0.15, 0.2) is 41.3 Å². The van der Waals surface area contributed by atoms with Crippen LogP contribution in [-0.4, -0.2) is 31.7 Å². The van der Waals surface area contributed by atoms with Gasteiger partial charge >= 0.3 is 0 Å². The van der Waals surface area contributed by atoms with Gasteiger partial charge in [-0.15, -0.1) is 0 Å². The molecule has 1 heterocycles. The molecular formula is C19H20Cl2N2O3S. The number of anilines is 1. The van der Waals surface area contributed by atoms with Crippen molar-refractivity contribution >= 4 is 44.8 Å². The number of sulfonamides is 1. The van der Waals surface area contributed by atoms with Gasteiger partial charge in [0.2, 0.25) is 10.0 Å². The van der Waals surface area contributed by atoms with Gasteiger partial charge in [0.05, 0.1) is 15.5 Å². The first kappa shape index (κ1) is 20.1. The molecule has 1 N–H and O–H groups in total. The summed E-state index contributed by atoms with van der Waals surface area (Å²) < 4.78 is 27.5. The second-order valence-electron chi connectivity index (χ2n) is 6.52. The Bertz CT molecular complexity index is 971. The number of hydrogen-bond donors (Lipinski definition) is 1. The smallest absolute Gasteiger partial charge is 0.257 e. The highest BCUT2D eigenvalue weighted by Gasteiger charge is 2.27. The summed E-state index contributed by atoms with van der Waals surface area (Å²) in [5.41, 5.74) is 1.30. The number of amides is 1. The van der Waals surface area contributed by atoms with Crippen LogP contribution in [0.2, 0.25) is 10.0 Å². The average molecular weight is 427 g/mol. The molecule has 0 radical (unpaired) electrons. The minimum Gasteiger partial charge on any atom is -0.322 e. The van der Waals surface area contributed by atoms with Crippen LogP contribution in [0, 0.1) is 6.92 Å². The largest absolute Gasteiger partial charge is 0.322 e. The Morgan fingerprint density at radius 1 is 1.04 bits per heavy atom. The van der Waals surface area contributed by atoms with Gasteiger partial charge in [-0.2, -0.15) is 4.31 Å². The molecule has 0 aromatic heterocycles. The topological polar surface area (TPSA) is 66.5 Å². The van der Waals surface area contributed by atoms with Crippen LogP contribution in [0.4, 0.5) is 5.69 Å². The minimum absolute atomic E-state index is 0.212. The van der Waals surface area contributed by atoms with E-state index in [9.17, 15) is 13.2 Å². The van der Waals surface area contributed by atoms with Crippen LogP contribution in [0.5, 0.6) is 0 Å². The minimum atomic E-state index is -3.59. The van der Waals surface area contributed by atoms with Crippen LogP contribution >= 0.6 is 23.2 Å². The molecule has 0 atom stereocenters. The fraction of sp³-hybridized carbons (Fsp3) is 0.316. The average Bonchev–Trinajstić information content (AvgIpc) is 2.63. The van der Waals surface area contributed by atoms with Crippen LogP contribution in [-0.2, 0) is 10.0 Å². The van der Waals surface area contributed by atoms with Gasteiger partial charge in [-0.1, -0.05) is 35.7 Å². The van der Waals surface area contributed by atoms with E-state index in [-0.39, 0.29) is 15.5 Å². The maximum absolute atomic E-state index is 13.0. The summed E-state index contributed by atoms with van der Waals surface area (Å²) >= 11 is 11.9. The van der Waals surface area contributed by atoms with E-state index < -0.39 is 15.9 Å². The van der Waals surface area contributed by atoms with Gasteiger partial charge in [0.25, 0.3) is 5.91 Å². The maximum Gasteiger partial charge on any atom is 0.257 e. The molecule has 1 amide bonds. The number of aryl methyl sites for hydroxylation is 1. The number of carbonyl (C=O) groups excluding carboxylic acids is 1. The van der Waals surface area contributed by atoms with E-state index >= 15 is 0 Å². The van der Waals surface area contributed by atoms with Crippen LogP contribution in [0.1, 0.15) is 35.2 Å². The third kappa shape index (κ3) is 4.46. The molecule has 5 nitrogen and oxygen atoms in total. The molecule has 2 aromatic rings. The number of hydrogen-bond acceptors (Lipinski definition) is 3. The van der Waals surface area contributed by atoms with Gasteiger partial charge in [-0.05, 0) is 55.7 Å². The summed E-state index contributed by atoms with van der Waals surface area (Å²) in [6.45, 7) is 2.80. The fourth-order valence-corrected chi connectivity index (χ4v) is 5.33. The van der Waals surface area contributed by atoms with Gasteiger partial charge in [0.15, 0.2) is 0 Å². The first-order chi connectivity index (χ1) is 12.8. The normalized spacial score (nSPS) is 15.5. The van der Waals surface area contributed by atoms with E-state index in [4.69, 9.17) is 23.2 Å². The second kappa shape index (κ2) is 8.19. The van der Waals surface area contributed by atoms with Crippen LogP contribution in [0.25, 0.3) is 0 Å². The van der Waals surface area contributed by atoms with Gasteiger partial charge in [0, 0.05) is 23.8 Å². The van der Waals surface area contributed by atoms with Crippen molar-refractivity contribution in [2.45, 2.75) is 31.1 Å². The summed E-state index contributed by atoms with van der Waals surface area (Å²) in [5, 5.41) is 3.37. The first-order valence-corrected chi connectivity index (χ1v) is 10.9. The molecule has 2 aromatic carbocycles. The molecule has 0 spiro atoms. The SMILES string of the molecule is Cc1ccc(NC(=O)c2ccc(Cl)cc2Cl)cc1S(=O)(=O)N1CCCCC1. The number of benzene rings is 2. The number of rotatable bonds is 4. The van der Waals surface area contributed by atoms with E-state index in [1.807, 2.05) is 0 Å². The Morgan fingerprint density at radius 3 is 2.41 bits per heavy atom. The molecule has 1 aliphatic heterocycles. The summed E-state index contributed by atoms with van der Waals surface area (Å²) in [5.74, 6) is -0.429. The van der Waals surface area contributed by atoms with E-state index in [2.05, 4.69) is 5.32 Å². The van der Waals surface area contributed by atoms with E-state index in [0.29, 0.717) is 29.4 Å². The van der Waals surface area contributed by atoms with Gasteiger partial charge in [-0.3, -0.25) is 4.79 Å². The van der Waals surface area contributed by atoms with Crippen molar-refractivity contribution in [1.29, 1.82) is 0 Å². The van der Waals surface area contributed by atoms with Gasteiger partial charge in [0.1, 0.15) is 0 Å². The monoisotopic (exact) mass is 426 g/mol. The van der Waals surface area contributed by atoms with Crippen molar-refractivity contribution in [2.24, 2.45) is 0 Å². The second-order valence-corrected chi connectivity index (χ2v) is 9.27. The van der Waals surface area contributed by atoms with Crippen molar-refractivity contribution in [3.05, 3.63) is 57.6 Å². The lowest BCUT2D eigenvalue weighted by molar-refractivity contribution is 0.102. The Balaban J connectivity index is 1.88. The number of piperidine rings is 1. The predicted octanol–water partition coefficient (Wildman–Crippen LogP) is 4.73. The fourth-order valence-electron chi connectivity index (χ4n) is 3.07. The Kier molecular flexibility index (Phi) is 6.11. The maximum atomic E-state index is 13.0. The molecular weight excluding hydrogens is 407 g/mol. The van der Waals surface area contributed by atoms with E-state index in [1.54, 1.807) is 25.1 Å².